The molecule has 5 aromatic carbocycles. The standard InChI is InChI=1S/C30H20N4O9S2/c31-27-24(45(41,42)43)14-22(25-26(27)30(37)19-8-4-3-7-18(19)29(25)36)32-16-10-12-20(23(13-16)44(38,39)40)33-34-21-11-9-15-5-1-2-6-17(15)28(21)35/h1-14,32,35H,31H2,(H,38,39,40)(H,41,42,43). The molecule has 6 N–H and O–H groups in total. The van der Waals surface area contributed by atoms with Crippen LogP contribution in [0.15, 0.2) is 105 Å². The number of phenols is 1. The van der Waals surface area contributed by atoms with Crippen molar-refractivity contribution in [3.8, 4) is 5.75 Å². The molecule has 0 atom stereocenters. The summed E-state index contributed by atoms with van der Waals surface area (Å²) in [5.74, 6) is -1.66. The molecule has 0 unspecified atom stereocenters. The van der Waals surface area contributed by atoms with Gasteiger partial charge in [-0.25, -0.2) is 0 Å². The maximum absolute atomic E-state index is 13.5. The first-order valence-electron chi connectivity index (χ1n) is 12.9. The highest BCUT2D eigenvalue weighted by molar-refractivity contribution is 7.86. The quantitative estimate of drug-likeness (QED) is 0.0857. The summed E-state index contributed by atoms with van der Waals surface area (Å²) in [7, 11) is -9.95. The van der Waals surface area contributed by atoms with Gasteiger partial charge in [-0.2, -0.15) is 16.8 Å². The first-order valence-corrected chi connectivity index (χ1v) is 15.8. The van der Waals surface area contributed by atoms with E-state index in [4.69, 9.17) is 5.73 Å². The van der Waals surface area contributed by atoms with Gasteiger partial charge in [0.2, 0.25) is 0 Å². The molecule has 1 aliphatic carbocycles. The zero-order chi connectivity index (χ0) is 32.3. The van der Waals surface area contributed by atoms with E-state index in [1.54, 1.807) is 30.3 Å². The first kappa shape index (κ1) is 29.6. The van der Waals surface area contributed by atoms with E-state index in [1.165, 1.54) is 36.4 Å². The largest absolute Gasteiger partial charge is 0.505 e. The zero-order valence-corrected chi connectivity index (χ0v) is 24.3. The molecule has 1 aliphatic rings. The Hall–Kier alpha value is -5.48. The van der Waals surface area contributed by atoms with Crippen molar-refractivity contribution in [2.75, 3.05) is 11.1 Å². The highest BCUT2D eigenvalue weighted by atomic mass is 32.2. The van der Waals surface area contributed by atoms with Gasteiger partial charge in [-0.3, -0.25) is 18.7 Å². The molecule has 0 radical (unpaired) electrons. The third-order valence-electron chi connectivity index (χ3n) is 7.14. The molecule has 0 fully saturated rings. The van der Waals surface area contributed by atoms with Gasteiger partial charge in [0.15, 0.2) is 17.3 Å². The van der Waals surface area contributed by atoms with Crippen molar-refractivity contribution in [1.82, 2.24) is 0 Å². The number of hydrogen-bond donors (Lipinski definition) is 5. The number of aromatic hydroxyl groups is 1. The number of azo groups is 1. The number of nitrogens with one attached hydrogen (secondary N) is 1. The van der Waals surface area contributed by atoms with Gasteiger partial charge in [-0.1, -0.05) is 54.6 Å². The molecule has 0 amide bonds. The van der Waals surface area contributed by atoms with Crippen molar-refractivity contribution in [3.05, 3.63) is 107 Å². The van der Waals surface area contributed by atoms with E-state index in [9.17, 15) is 40.6 Å². The summed E-state index contributed by atoms with van der Waals surface area (Å²) in [6, 6.07) is 20.1. The van der Waals surface area contributed by atoms with Gasteiger partial charge in [-0.15, -0.1) is 10.2 Å². The van der Waals surface area contributed by atoms with Gasteiger partial charge in [0.1, 0.15) is 21.2 Å². The molecule has 0 spiro atoms. The van der Waals surface area contributed by atoms with Crippen molar-refractivity contribution >= 4 is 71.0 Å². The molecular formula is C30H20N4O9S2. The molecule has 0 aromatic heterocycles. The number of benzene rings is 5. The molecule has 45 heavy (non-hydrogen) atoms. The lowest BCUT2D eigenvalue weighted by Gasteiger charge is -2.23. The van der Waals surface area contributed by atoms with Crippen molar-refractivity contribution in [3.63, 3.8) is 0 Å². The Balaban J connectivity index is 1.46. The molecule has 226 valence electrons. The Labute approximate surface area is 255 Å². The molecule has 15 heteroatoms. The van der Waals surface area contributed by atoms with Gasteiger partial charge >= 0.3 is 0 Å². The SMILES string of the molecule is Nc1c(S(=O)(=O)O)cc(Nc2ccc(N=Nc3ccc4ccccc4c3O)c(S(=O)(=O)O)c2)c2c1C(=O)c1ccccc1C2=O. The van der Waals surface area contributed by atoms with Crippen LogP contribution in [-0.4, -0.2) is 42.6 Å². The van der Waals surface area contributed by atoms with Crippen molar-refractivity contribution in [2.45, 2.75) is 9.79 Å². The van der Waals surface area contributed by atoms with Crippen molar-refractivity contribution in [1.29, 1.82) is 0 Å². The van der Waals surface area contributed by atoms with Gasteiger partial charge in [0, 0.05) is 22.2 Å². The second kappa shape index (κ2) is 10.6. The predicted molar refractivity (Wildman–Crippen MR) is 163 cm³/mol. The van der Waals surface area contributed by atoms with Gasteiger partial charge in [-0.05, 0) is 35.7 Å². The number of phenolic OH excluding ortho intramolecular Hbond substituents is 1. The molecule has 5 aromatic rings. The fraction of sp³-hybridized carbons (Fsp3) is 0. The fourth-order valence-electron chi connectivity index (χ4n) is 5.07. The van der Waals surface area contributed by atoms with Crippen LogP contribution >= 0.6 is 0 Å². The molecule has 6 rings (SSSR count). The van der Waals surface area contributed by atoms with Crippen LogP contribution in [0.1, 0.15) is 31.8 Å². The number of nitrogen functional groups attached to an aromatic ring is 1. The molecule has 0 aliphatic heterocycles. The van der Waals surface area contributed by atoms with Crippen LogP contribution in [0.3, 0.4) is 0 Å². The van der Waals surface area contributed by atoms with Crippen LogP contribution in [0.5, 0.6) is 5.75 Å². The number of ketones is 2. The summed E-state index contributed by atoms with van der Waals surface area (Å²) in [6.07, 6.45) is 0. The van der Waals surface area contributed by atoms with Crippen LogP contribution in [0.4, 0.5) is 28.4 Å². The number of carbonyl (C=O) groups excluding carboxylic acids is 2. The normalized spacial score (nSPS) is 13.2. The number of nitrogens with zero attached hydrogens (tertiary/aromatic N) is 2. The molecule has 13 nitrogen and oxygen atoms in total. The van der Waals surface area contributed by atoms with Crippen LogP contribution in [0.25, 0.3) is 10.8 Å². The van der Waals surface area contributed by atoms with E-state index in [0.717, 1.165) is 23.6 Å². The Morgan fingerprint density at radius 3 is 1.91 bits per heavy atom. The Kier molecular flexibility index (Phi) is 6.97. The molecular weight excluding hydrogens is 624 g/mol. The molecule has 0 heterocycles. The van der Waals surface area contributed by atoms with Gasteiger partial charge < -0.3 is 16.2 Å². The van der Waals surface area contributed by atoms with E-state index >= 15 is 0 Å². The van der Waals surface area contributed by atoms with Crippen LogP contribution in [-0.2, 0) is 20.2 Å². The average Bonchev–Trinajstić information content (AvgIpc) is 2.99. The Morgan fingerprint density at radius 2 is 1.24 bits per heavy atom. The van der Waals surface area contributed by atoms with E-state index in [-0.39, 0.29) is 45.2 Å². The summed E-state index contributed by atoms with van der Waals surface area (Å²) in [5.41, 5.74) is 3.87. The monoisotopic (exact) mass is 644 g/mol. The average molecular weight is 645 g/mol. The second-order valence-corrected chi connectivity index (χ2v) is 12.7. The summed E-state index contributed by atoms with van der Waals surface area (Å²) in [6.45, 7) is 0. The highest BCUT2D eigenvalue weighted by Crippen LogP contribution is 2.41. The third-order valence-corrected chi connectivity index (χ3v) is 8.92. The smallest absolute Gasteiger partial charge is 0.296 e. The van der Waals surface area contributed by atoms with E-state index in [0.29, 0.717) is 5.39 Å². The maximum atomic E-state index is 13.5. The molecule has 0 saturated carbocycles. The van der Waals surface area contributed by atoms with E-state index in [2.05, 4.69) is 15.5 Å². The number of hydrogen-bond acceptors (Lipinski definition) is 11. The molecule has 0 bridgehead atoms. The van der Waals surface area contributed by atoms with Crippen molar-refractivity contribution in [2.24, 2.45) is 10.2 Å². The fourth-order valence-corrected chi connectivity index (χ4v) is 6.37. The first-order chi connectivity index (χ1) is 21.3. The molecule has 0 saturated heterocycles. The van der Waals surface area contributed by atoms with Gasteiger partial charge in [0.05, 0.1) is 22.5 Å². The summed E-state index contributed by atoms with van der Waals surface area (Å²) >= 11 is 0. The van der Waals surface area contributed by atoms with Crippen LogP contribution in [0.2, 0.25) is 0 Å². The highest BCUT2D eigenvalue weighted by Gasteiger charge is 2.36. The topological polar surface area (TPSA) is 226 Å². The zero-order valence-electron chi connectivity index (χ0n) is 22.7. The summed E-state index contributed by atoms with van der Waals surface area (Å²) < 4.78 is 68.9. The summed E-state index contributed by atoms with van der Waals surface area (Å²) in [4.78, 5) is 25.3. The number of anilines is 3. The van der Waals surface area contributed by atoms with Gasteiger partial charge in [0.25, 0.3) is 20.2 Å². The lowest BCUT2D eigenvalue weighted by atomic mass is 9.82. The maximum Gasteiger partial charge on any atom is 0.296 e. The van der Waals surface area contributed by atoms with Crippen LogP contribution in [0, 0.1) is 0 Å². The Bertz CT molecular complexity index is 2370. The number of carbonyl (C=O) groups is 2. The number of rotatable bonds is 6. The van der Waals surface area contributed by atoms with Crippen molar-refractivity contribution < 1.29 is 40.6 Å². The minimum atomic E-state index is -5.00. The van der Waals surface area contributed by atoms with E-state index in [1.807, 2.05) is 0 Å². The number of fused-ring (bicyclic) bond motifs is 3. The number of nitrogens with two attached hydrogens (primary N) is 1. The lowest BCUT2D eigenvalue weighted by molar-refractivity contribution is 0.0980. The minimum Gasteiger partial charge on any atom is -0.505 e. The lowest BCUT2D eigenvalue weighted by Crippen LogP contribution is -2.25. The summed E-state index contributed by atoms with van der Waals surface area (Å²) in [5, 5.41) is 22.4. The predicted octanol–water partition coefficient (Wildman–Crippen LogP) is 5.56. The second-order valence-electron chi connectivity index (χ2n) is 9.90. The minimum absolute atomic E-state index is 0.0170. The third kappa shape index (κ3) is 5.19. The van der Waals surface area contributed by atoms with Crippen LogP contribution < -0.4 is 11.1 Å². The van der Waals surface area contributed by atoms with E-state index < -0.39 is 52.8 Å². The Morgan fingerprint density at radius 1 is 0.667 bits per heavy atom.